The number of piperidine rings is 1. The molecule has 2 fully saturated rings. The molecule has 0 aliphatic carbocycles. The summed E-state index contributed by atoms with van der Waals surface area (Å²) in [5.41, 5.74) is -0.702. The molecule has 0 aromatic heterocycles. The molecule has 138 valence electrons. The number of carbonyl (C=O) groups excluding carboxylic acids is 2. The van der Waals surface area contributed by atoms with E-state index in [1.54, 1.807) is 6.92 Å². The smallest absolute Gasteiger partial charge is 0.225 e. The van der Waals surface area contributed by atoms with E-state index in [1.807, 2.05) is 18.7 Å². The lowest BCUT2D eigenvalue weighted by molar-refractivity contribution is -0.134. The van der Waals surface area contributed by atoms with Gasteiger partial charge in [-0.1, -0.05) is 13.8 Å². The number of nitrogens with zero attached hydrogens (tertiary/aromatic N) is 2. The van der Waals surface area contributed by atoms with Crippen LogP contribution in [0.25, 0.3) is 0 Å². The molecule has 2 saturated heterocycles. The van der Waals surface area contributed by atoms with Gasteiger partial charge in [-0.2, -0.15) is 0 Å². The minimum atomic E-state index is -0.702. The van der Waals surface area contributed by atoms with Gasteiger partial charge in [-0.15, -0.1) is 0 Å². The molecule has 1 atom stereocenters. The number of β-amino-alcohol motifs (C(OH)–C–C–N with tert-alkyl or cyclic N) is 1. The van der Waals surface area contributed by atoms with Gasteiger partial charge in [-0.25, -0.2) is 0 Å². The molecule has 2 rings (SSSR count). The van der Waals surface area contributed by atoms with E-state index in [0.29, 0.717) is 19.5 Å². The first-order valence-corrected chi connectivity index (χ1v) is 9.30. The topological polar surface area (TPSA) is 72.9 Å². The van der Waals surface area contributed by atoms with Gasteiger partial charge >= 0.3 is 0 Å². The predicted molar refractivity (Wildman–Crippen MR) is 93.5 cm³/mol. The first-order chi connectivity index (χ1) is 11.3. The van der Waals surface area contributed by atoms with Crippen molar-refractivity contribution in [1.29, 1.82) is 0 Å². The summed E-state index contributed by atoms with van der Waals surface area (Å²) in [6, 6.07) is 0.265. The Morgan fingerprint density at radius 3 is 2.42 bits per heavy atom. The highest BCUT2D eigenvalue weighted by atomic mass is 16.3. The molecule has 2 amide bonds. The fraction of sp³-hybridized carbons (Fsp3) is 0.889. The summed E-state index contributed by atoms with van der Waals surface area (Å²) >= 11 is 0. The highest BCUT2D eigenvalue weighted by molar-refractivity contribution is 5.78. The Hall–Kier alpha value is -1.14. The third kappa shape index (κ3) is 5.45. The van der Waals surface area contributed by atoms with Gasteiger partial charge in [0.15, 0.2) is 0 Å². The molecule has 0 bridgehead atoms. The van der Waals surface area contributed by atoms with Crippen LogP contribution in [-0.4, -0.2) is 71.1 Å². The standard InChI is InChI=1S/C18H33N3O3/c1-14(2)17(23)21-9-4-7-18(24,8-12-21)13-20-10-5-16(6-11-20)19-15(3)22/h14,16,24H,4-13H2,1-3H3,(H,19,22)/t18-/m1/s1. The molecule has 2 aliphatic heterocycles. The second kappa shape index (κ2) is 8.30. The van der Waals surface area contributed by atoms with Gasteiger partial charge in [0.05, 0.1) is 5.60 Å². The molecule has 0 aromatic carbocycles. The van der Waals surface area contributed by atoms with E-state index in [0.717, 1.165) is 45.3 Å². The molecule has 0 spiro atoms. The molecule has 6 nitrogen and oxygen atoms in total. The second-order valence-electron chi connectivity index (χ2n) is 7.81. The predicted octanol–water partition coefficient (Wildman–Crippen LogP) is 0.987. The quantitative estimate of drug-likeness (QED) is 0.801. The Balaban J connectivity index is 1.82. The van der Waals surface area contributed by atoms with E-state index in [2.05, 4.69) is 10.2 Å². The van der Waals surface area contributed by atoms with Crippen LogP contribution in [0.15, 0.2) is 0 Å². The Bertz CT molecular complexity index is 447. The van der Waals surface area contributed by atoms with Crippen molar-refractivity contribution in [2.45, 2.75) is 64.5 Å². The normalized spacial score (nSPS) is 27.1. The van der Waals surface area contributed by atoms with Crippen LogP contribution in [0, 0.1) is 5.92 Å². The minimum absolute atomic E-state index is 0.0176. The molecular weight excluding hydrogens is 306 g/mol. The Morgan fingerprint density at radius 2 is 1.83 bits per heavy atom. The number of hydrogen-bond acceptors (Lipinski definition) is 4. The number of likely N-dealkylation sites (tertiary alicyclic amines) is 2. The summed E-state index contributed by atoms with van der Waals surface area (Å²) in [7, 11) is 0. The number of amides is 2. The van der Waals surface area contributed by atoms with E-state index >= 15 is 0 Å². The summed E-state index contributed by atoms with van der Waals surface area (Å²) in [6.45, 7) is 9.30. The lowest BCUT2D eigenvalue weighted by Crippen LogP contribution is -2.50. The molecule has 0 unspecified atom stereocenters. The zero-order chi connectivity index (χ0) is 17.7. The molecule has 0 radical (unpaired) electrons. The van der Waals surface area contributed by atoms with Crippen LogP contribution in [0.2, 0.25) is 0 Å². The fourth-order valence-corrected chi connectivity index (χ4v) is 3.86. The Morgan fingerprint density at radius 1 is 1.17 bits per heavy atom. The second-order valence-corrected chi connectivity index (χ2v) is 7.81. The largest absolute Gasteiger partial charge is 0.388 e. The van der Waals surface area contributed by atoms with Crippen LogP contribution in [0.3, 0.4) is 0 Å². The molecule has 0 saturated carbocycles. The summed E-state index contributed by atoms with van der Waals surface area (Å²) in [5.74, 6) is 0.241. The van der Waals surface area contributed by atoms with Crippen LogP contribution >= 0.6 is 0 Å². The minimum Gasteiger partial charge on any atom is -0.388 e. The number of aliphatic hydroxyl groups is 1. The van der Waals surface area contributed by atoms with Gasteiger partial charge in [0.2, 0.25) is 11.8 Å². The van der Waals surface area contributed by atoms with Crippen molar-refractivity contribution in [2.24, 2.45) is 5.92 Å². The number of rotatable bonds is 4. The summed E-state index contributed by atoms with van der Waals surface area (Å²) in [5, 5.41) is 14.0. The number of nitrogens with one attached hydrogen (secondary N) is 1. The maximum atomic E-state index is 12.2. The molecule has 24 heavy (non-hydrogen) atoms. The molecule has 2 N–H and O–H groups in total. The Labute approximate surface area is 145 Å². The maximum Gasteiger partial charge on any atom is 0.225 e. The van der Waals surface area contributed by atoms with Crippen LogP contribution in [0.5, 0.6) is 0 Å². The first-order valence-electron chi connectivity index (χ1n) is 9.30. The lowest BCUT2D eigenvalue weighted by Gasteiger charge is -2.38. The van der Waals surface area contributed by atoms with Crippen molar-refractivity contribution in [3.63, 3.8) is 0 Å². The van der Waals surface area contributed by atoms with Gasteiger partial charge in [-0.05, 0) is 32.1 Å². The third-order valence-corrected chi connectivity index (χ3v) is 5.24. The molecular formula is C18H33N3O3. The van der Waals surface area contributed by atoms with E-state index in [-0.39, 0.29) is 23.8 Å². The van der Waals surface area contributed by atoms with Crippen molar-refractivity contribution in [3.05, 3.63) is 0 Å². The first kappa shape index (κ1) is 19.2. The average molecular weight is 339 g/mol. The molecule has 2 heterocycles. The van der Waals surface area contributed by atoms with Crippen molar-refractivity contribution in [3.8, 4) is 0 Å². The lowest BCUT2D eigenvalue weighted by atomic mass is 9.93. The SMILES string of the molecule is CC(=O)NC1CCN(C[C@@]2(O)CCCN(C(=O)C(C)C)CC2)CC1. The van der Waals surface area contributed by atoms with Crippen molar-refractivity contribution in [1.82, 2.24) is 15.1 Å². The molecule has 6 heteroatoms. The zero-order valence-electron chi connectivity index (χ0n) is 15.4. The van der Waals surface area contributed by atoms with Gasteiger partial charge in [0, 0.05) is 51.6 Å². The van der Waals surface area contributed by atoms with Gasteiger partial charge in [-0.3, -0.25) is 9.59 Å². The van der Waals surface area contributed by atoms with Crippen molar-refractivity contribution in [2.75, 3.05) is 32.7 Å². The summed E-state index contributed by atoms with van der Waals surface area (Å²) in [6.07, 6.45) is 4.14. The fourth-order valence-electron chi connectivity index (χ4n) is 3.86. The number of hydrogen-bond donors (Lipinski definition) is 2. The van der Waals surface area contributed by atoms with Crippen LogP contribution in [0.4, 0.5) is 0 Å². The highest BCUT2D eigenvalue weighted by Gasteiger charge is 2.34. The van der Waals surface area contributed by atoms with E-state index < -0.39 is 5.60 Å². The highest BCUT2D eigenvalue weighted by Crippen LogP contribution is 2.25. The van der Waals surface area contributed by atoms with Crippen LogP contribution in [-0.2, 0) is 9.59 Å². The van der Waals surface area contributed by atoms with E-state index in [9.17, 15) is 14.7 Å². The zero-order valence-corrected chi connectivity index (χ0v) is 15.4. The third-order valence-electron chi connectivity index (χ3n) is 5.24. The van der Waals surface area contributed by atoms with Gasteiger partial charge < -0.3 is 20.2 Å². The maximum absolute atomic E-state index is 12.2. The van der Waals surface area contributed by atoms with Crippen LogP contribution < -0.4 is 5.32 Å². The molecule has 0 aromatic rings. The van der Waals surface area contributed by atoms with E-state index in [1.165, 1.54) is 0 Å². The summed E-state index contributed by atoms with van der Waals surface area (Å²) < 4.78 is 0. The van der Waals surface area contributed by atoms with Gasteiger partial charge in [0.1, 0.15) is 0 Å². The summed E-state index contributed by atoms with van der Waals surface area (Å²) in [4.78, 5) is 27.5. The Kier molecular flexibility index (Phi) is 6.63. The van der Waals surface area contributed by atoms with E-state index in [4.69, 9.17) is 0 Å². The molecule has 2 aliphatic rings. The van der Waals surface area contributed by atoms with Crippen LogP contribution in [0.1, 0.15) is 52.9 Å². The van der Waals surface area contributed by atoms with Gasteiger partial charge in [0.25, 0.3) is 0 Å². The number of carbonyl (C=O) groups is 2. The monoisotopic (exact) mass is 339 g/mol. The average Bonchev–Trinajstić information content (AvgIpc) is 2.70. The van der Waals surface area contributed by atoms with Crippen molar-refractivity contribution >= 4 is 11.8 Å². The van der Waals surface area contributed by atoms with Crippen molar-refractivity contribution < 1.29 is 14.7 Å².